The molecule has 4 nitrogen and oxygen atoms in total. The van der Waals surface area contributed by atoms with Crippen LogP contribution >= 0.6 is 11.3 Å². The highest BCUT2D eigenvalue weighted by atomic mass is 32.2. The van der Waals surface area contributed by atoms with E-state index in [1.807, 2.05) is 30.3 Å². The molecular weight excluding hydrogens is 340 g/mol. The highest BCUT2D eigenvalue weighted by molar-refractivity contribution is 7.88. The summed E-state index contributed by atoms with van der Waals surface area (Å²) in [4.78, 5) is 3.86. The summed E-state index contributed by atoms with van der Waals surface area (Å²) in [5.41, 5.74) is 0.829. The Morgan fingerprint density at radius 2 is 1.83 bits per heavy atom. The molecule has 6 heteroatoms. The number of sulfonamides is 1. The summed E-state index contributed by atoms with van der Waals surface area (Å²) in [6.45, 7) is 3.66. The minimum atomic E-state index is -3.25. The van der Waals surface area contributed by atoms with Crippen LogP contribution in [0, 0.1) is 5.92 Å². The van der Waals surface area contributed by atoms with Crippen molar-refractivity contribution in [1.82, 2.24) is 9.62 Å². The normalized spacial score (nSPS) is 17.2. The second-order valence-electron chi connectivity index (χ2n) is 6.39. The van der Waals surface area contributed by atoms with Gasteiger partial charge in [0.25, 0.3) is 0 Å². The fourth-order valence-electron chi connectivity index (χ4n) is 3.06. The van der Waals surface area contributed by atoms with Crippen LogP contribution in [0.5, 0.6) is 0 Å². The van der Waals surface area contributed by atoms with Gasteiger partial charge in [0.05, 0.1) is 5.75 Å². The average Bonchev–Trinajstić information content (AvgIpc) is 3.08. The molecule has 1 aromatic carbocycles. The van der Waals surface area contributed by atoms with E-state index in [9.17, 15) is 8.42 Å². The molecule has 0 radical (unpaired) electrons. The third-order valence-electron chi connectivity index (χ3n) is 4.46. The molecule has 0 aliphatic carbocycles. The maximum absolute atomic E-state index is 12.2. The van der Waals surface area contributed by atoms with Crippen LogP contribution in [0.25, 0.3) is 0 Å². The van der Waals surface area contributed by atoms with Gasteiger partial charge >= 0.3 is 0 Å². The van der Waals surface area contributed by atoms with Gasteiger partial charge in [0.15, 0.2) is 0 Å². The van der Waals surface area contributed by atoms with Crippen molar-refractivity contribution in [3.8, 4) is 0 Å². The van der Waals surface area contributed by atoms with Crippen LogP contribution in [0.4, 0.5) is 0 Å². The lowest BCUT2D eigenvalue weighted by atomic mass is 9.97. The first-order valence-electron chi connectivity index (χ1n) is 8.37. The number of hydrogen-bond acceptors (Lipinski definition) is 4. The summed E-state index contributed by atoms with van der Waals surface area (Å²) < 4.78 is 27.2. The van der Waals surface area contributed by atoms with Crippen molar-refractivity contribution in [2.75, 3.05) is 19.6 Å². The van der Waals surface area contributed by atoms with Gasteiger partial charge in [-0.15, -0.1) is 11.3 Å². The van der Waals surface area contributed by atoms with Crippen molar-refractivity contribution in [3.63, 3.8) is 0 Å². The molecule has 0 unspecified atom stereocenters. The Balaban J connectivity index is 1.41. The van der Waals surface area contributed by atoms with E-state index in [0.717, 1.165) is 38.0 Å². The van der Waals surface area contributed by atoms with E-state index in [1.165, 1.54) is 4.88 Å². The Morgan fingerprint density at radius 1 is 1.08 bits per heavy atom. The fraction of sp³-hybridized carbons (Fsp3) is 0.444. The van der Waals surface area contributed by atoms with Crippen LogP contribution < -0.4 is 4.72 Å². The summed E-state index contributed by atoms with van der Waals surface area (Å²) in [5.74, 6) is 0.501. The molecule has 0 amide bonds. The number of benzene rings is 1. The lowest BCUT2D eigenvalue weighted by molar-refractivity contribution is 0.180. The van der Waals surface area contributed by atoms with Crippen molar-refractivity contribution in [2.45, 2.75) is 25.1 Å². The summed E-state index contributed by atoms with van der Waals surface area (Å²) in [5, 5.41) is 2.11. The van der Waals surface area contributed by atoms with Gasteiger partial charge < -0.3 is 0 Å². The van der Waals surface area contributed by atoms with Gasteiger partial charge in [0, 0.05) is 18.0 Å². The lowest BCUT2D eigenvalue weighted by Gasteiger charge is -2.31. The Kier molecular flexibility index (Phi) is 6.05. The third-order valence-corrected chi connectivity index (χ3v) is 6.64. The maximum Gasteiger partial charge on any atom is 0.215 e. The summed E-state index contributed by atoms with van der Waals surface area (Å²) in [6.07, 6.45) is 2.11. The summed E-state index contributed by atoms with van der Waals surface area (Å²) in [6, 6.07) is 13.6. The van der Waals surface area contributed by atoms with Gasteiger partial charge in [0.1, 0.15) is 0 Å². The molecule has 0 saturated carbocycles. The zero-order valence-electron chi connectivity index (χ0n) is 13.7. The number of hydrogen-bond donors (Lipinski definition) is 1. The third kappa shape index (κ3) is 5.41. The minimum absolute atomic E-state index is 0.0606. The largest absolute Gasteiger partial charge is 0.298 e. The van der Waals surface area contributed by atoms with Crippen molar-refractivity contribution >= 4 is 21.4 Å². The van der Waals surface area contributed by atoms with E-state index in [2.05, 4.69) is 27.1 Å². The number of nitrogens with one attached hydrogen (secondary N) is 1. The molecular formula is C18H24N2O2S2. The molecule has 130 valence electrons. The first-order valence-corrected chi connectivity index (χ1v) is 10.9. The fourth-order valence-corrected chi connectivity index (χ4v) is 5.03. The number of likely N-dealkylation sites (tertiary alicyclic amines) is 1. The Labute approximate surface area is 148 Å². The first kappa shape index (κ1) is 17.6. The average molecular weight is 365 g/mol. The van der Waals surface area contributed by atoms with E-state index < -0.39 is 10.0 Å². The van der Waals surface area contributed by atoms with Crippen LogP contribution in [-0.2, 0) is 22.3 Å². The van der Waals surface area contributed by atoms with Gasteiger partial charge in [-0.2, -0.15) is 0 Å². The van der Waals surface area contributed by atoms with E-state index in [-0.39, 0.29) is 5.75 Å². The van der Waals surface area contributed by atoms with Gasteiger partial charge in [-0.1, -0.05) is 36.4 Å². The van der Waals surface area contributed by atoms with Crippen molar-refractivity contribution in [1.29, 1.82) is 0 Å². The molecule has 1 aliphatic rings. The Morgan fingerprint density at radius 3 is 2.50 bits per heavy atom. The molecule has 1 aromatic heterocycles. The summed E-state index contributed by atoms with van der Waals surface area (Å²) >= 11 is 1.80. The first-order chi connectivity index (χ1) is 11.6. The van der Waals surface area contributed by atoms with Crippen molar-refractivity contribution < 1.29 is 8.42 Å². The predicted molar refractivity (Wildman–Crippen MR) is 99.4 cm³/mol. The van der Waals surface area contributed by atoms with Crippen molar-refractivity contribution in [2.24, 2.45) is 5.92 Å². The topological polar surface area (TPSA) is 49.4 Å². The standard InChI is InChI=1S/C18H24N2O2S2/c21-24(22,15-17-5-2-1-3-6-17)19-13-16-8-10-20(11-9-16)14-18-7-4-12-23-18/h1-7,12,16,19H,8-11,13-15H2. The van der Waals surface area contributed by atoms with Crippen LogP contribution in [-0.4, -0.2) is 33.0 Å². The summed E-state index contributed by atoms with van der Waals surface area (Å²) in [7, 11) is -3.25. The second kappa shape index (κ2) is 8.25. The number of nitrogens with zero attached hydrogens (tertiary/aromatic N) is 1. The monoisotopic (exact) mass is 364 g/mol. The maximum atomic E-state index is 12.2. The number of thiophene rings is 1. The molecule has 1 aliphatic heterocycles. The molecule has 24 heavy (non-hydrogen) atoms. The van der Waals surface area contributed by atoms with Gasteiger partial charge in [0.2, 0.25) is 10.0 Å². The highest BCUT2D eigenvalue weighted by Gasteiger charge is 2.21. The van der Waals surface area contributed by atoms with E-state index >= 15 is 0 Å². The highest BCUT2D eigenvalue weighted by Crippen LogP contribution is 2.20. The second-order valence-corrected chi connectivity index (χ2v) is 9.23. The van der Waals surface area contributed by atoms with E-state index in [4.69, 9.17) is 0 Å². The predicted octanol–water partition coefficient (Wildman–Crippen LogP) is 3.08. The molecule has 2 aromatic rings. The molecule has 0 spiro atoms. The van der Waals surface area contributed by atoms with Crippen LogP contribution in [0.15, 0.2) is 47.8 Å². The lowest BCUT2D eigenvalue weighted by Crippen LogP contribution is -2.38. The molecule has 1 saturated heterocycles. The van der Waals surface area contributed by atoms with E-state index in [1.54, 1.807) is 11.3 Å². The number of piperidine rings is 1. The SMILES string of the molecule is O=S(=O)(Cc1ccccc1)NCC1CCN(Cc2cccs2)CC1. The molecule has 2 heterocycles. The van der Waals surface area contributed by atoms with Gasteiger partial charge in [-0.05, 0) is 48.9 Å². The van der Waals surface area contributed by atoms with Gasteiger partial charge in [-0.25, -0.2) is 13.1 Å². The molecule has 1 N–H and O–H groups in total. The zero-order valence-corrected chi connectivity index (χ0v) is 15.4. The van der Waals surface area contributed by atoms with Crippen LogP contribution in [0.3, 0.4) is 0 Å². The zero-order chi connectivity index (χ0) is 16.8. The molecule has 3 rings (SSSR count). The Bertz CT molecular complexity index is 707. The van der Waals surface area contributed by atoms with Crippen LogP contribution in [0.1, 0.15) is 23.3 Å². The smallest absolute Gasteiger partial charge is 0.215 e. The molecule has 0 atom stereocenters. The van der Waals surface area contributed by atoms with Crippen molar-refractivity contribution in [3.05, 3.63) is 58.3 Å². The van der Waals surface area contributed by atoms with Gasteiger partial charge in [-0.3, -0.25) is 4.90 Å². The van der Waals surface area contributed by atoms with Crippen LogP contribution in [0.2, 0.25) is 0 Å². The number of rotatable bonds is 7. The quantitative estimate of drug-likeness (QED) is 0.821. The van der Waals surface area contributed by atoms with E-state index in [0.29, 0.717) is 12.5 Å². The Hall–Kier alpha value is -1.21. The molecule has 0 bridgehead atoms. The minimum Gasteiger partial charge on any atom is -0.298 e. The molecule has 1 fully saturated rings.